The van der Waals surface area contributed by atoms with E-state index in [1.54, 1.807) is 0 Å². The maximum Gasteiger partial charge on any atom is 0.146 e. The van der Waals surface area contributed by atoms with Gasteiger partial charge in [-0.1, -0.05) is 11.6 Å². The molecule has 2 aromatic rings. The highest BCUT2D eigenvalue weighted by Crippen LogP contribution is 2.32. The lowest BCUT2D eigenvalue weighted by Gasteiger charge is -2.08. The Bertz CT molecular complexity index is 644. The van der Waals surface area contributed by atoms with Gasteiger partial charge in [0, 0.05) is 18.6 Å². The summed E-state index contributed by atoms with van der Waals surface area (Å²) in [5, 5.41) is 3.02. The lowest BCUT2D eigenvalue weighted by molar-refractivity contribution is 0.603. The van der Waals surface area contributed by atoms with Gasteiger partial charge in [0.25, 0.3) is 0 Å². The van der Waals surface area contributed by atoms with Crippen LogP contribution in [0.5, 0.6) is 0 Å². The highest BCUT2D eigenvalue weighted by atomic mass is 35.5. The lowest BCUT2D eigenvalue weighted by Crippen LogP contribution is -2.03. The van der Waals surface area contributed by atoms with Crippen molar-refractivity contribution in [2.24, 2.45) is 5.92 Å². The molecule has 0 amide bonds. The van der Waals surface area contributed by atoms with Gasteiger partial charge in [-0.25, -0.2) is 18.7 Å². The molecule has 1 fully saturated rings. The van der Waals surface area contributed by atoms with Gasteiger partial charge in [0.1, 0.15) is 28.4 Å². The molecule has 1 aliphatic rings. The number of halogens is 3. The molecule has 0 unspecified atom stereocenters. The number of hydrogen-bond donors (Lipinski definition) is 1. The van der Waals surface area contributed by atoms with Gasteiger partial charge in [-0.2, -0.15) is 0 Å². The van der Waals surface area contributed by atoms with Crippen LogP contribution in [-0.4, -0.2) is 9.97 Å². The summed E-state index contributed by atoms with van der Waals surface area (Å²) < 4.78 is 26.7. The van der Waals surface area contributed by atoms with Crippen molar-refractivity contribution in [2.45, 2.75) is 19.3 Å². The number of nitrogens with one attached hydrogen (secondary N) is 1. The summed E-state index contributed by atoms with van der Waals surface area (Å²) in [6.45, 7) is 0. The third-order valence-corrected chi connectivity index (χ3v) is 3.29. The molecule has 0 atom stereocenters. The van der Waals surface area contributed by atoms with Crippen LogP contribution in [-0.2, 0) is 6.42 Å². The van der Waals surface area contributed by atoms with Crippen molar-refractivity contribution in [1.29, 1.82) is 0 Å². The Morgan fingerprint density at radius 2 is 2.00 bits per heavy atom. The number of anilines is 2. The van der Waals surface area contributed by atoms with Crippen LogP contribution in [0.2, 0.25) is 5.15 Å². The summed E-state index contributed by atoms with van der Waals surface area (Å²) in [5.41, 5.74) is 0.0251. The highest BCUT2D eigenvalue weighted by Gasteiger charge is 2.23. The van der Waals surface area contributed by atoms with Crippen LogP contribution in [0, 0.1) is 17.6 Å². The van der Waals surface area contributed by atoms with Crippen LogP contribution in [0.4, 0.5) is 20.3 Å². The quantitative estimate of drug-likeness (QED) is 0.863. The van der Waals surface area contributed by atoms with Gasteiger partial charge in [0.2, 0.25) is 0 Å². The predicted molar refractivity (Wildman–Crippen MR) is 73.1 cm³/mol. The van der Waals surface area contributed by atoms with E-state index in [-0.39, 0.29) is 10.8 Å². The fraction of sp³-hybridized carbons (Fsp3) is 0.286. The van der Waals surface area contributed by atoms with Crippen molar-refractivity contribution >= 4 is 23.1 Å². The Morgan fingerprint density at radius 3 is 2.75 bits per heavy atom. The molecule has 0 spiro atoms. The predicted octanol–water partition coefficient (Wildman–Crippen LogP) is 4.10. The van der Waals surface area contributed by atoms with E-state index >= 15 is 0 Å². The molecular formula is C14H12ClF2N3. The van der Waals surface area contributed by atoms with E-state index in [9.17, 15) is 8.78 Å². The van der Waals surface area contributed by atoms with Gasteiger partial charge in [-0.15, -0.1) is 0 Å². The minimum Gasteiger partial charge on any atom is -0.338 e. The molecule has 1 aliphatic carbocycles. The molecule has 0 saturated heterocycles. The molecule has 1 aromatic heterocycles. The minimum atomic E-state index is -0.551. The summed E-state index contributed by atoms with van der Waals surface area (Å²) in [5.74, 6) is 0.536. The molecule has 1 aromatic carbocycles. The molecule has 0 bridgehead atoms. The van der Waals surface area contributed by atoms with Crippen LogP contribution < -0.4 is 5.32 Å². The van der Waals surface area contributed by atoms with Gasteiger partial charge in [0.15, 0.2) is 0 Å². The Kier molecular flexibility index (Phi) is 3.53. The van der Waals surface area contributed by atoms with Crippen molar-refractivity contribution in [3.63, 3.8) is 0 Å². The molecule has 1 saturated carbocycles. The zero-order valence-electron chi connectivity index (χ0n) is 10.5. The van der Waals surface area contributed by atoms with Crippen LogP contribution in [0.15, 0.2) is 24.3 Å². The molecule has 6 heteroatoms. The second-order valence-corrected chi connectivity index (χ2v) is 5.28. The summed E-state index contributed by atoms with van der Waals surface area (Å²) >= 11 is 5.93. The average Bonchev–Trinajstić information content (AvgIpc) is 3.17. The number of nitrogens with zero attached hydrogens (tertiary/aromatic N) is 2. The Balaban J connectivity index is 1.85. The first-order valence-electron chi connectivity index (χ1n) is 6.36. The van der Waals surface area contributed by atoms with Crippen LogP contribution in [0.3, 0.4) is 0 Å². The number of benzene rings is 1. The van der Waals surface area contributed by atoms with Crippen LogP contribution in [0.1, 0.15) is 18.7 Å². The smallest absolute Gasteiger partial charge is 0.146 e. The van der Waals surface area contributed by atoms with E-state index in [1.165, 1.54) is 18.9 Å². The first-order chi connectivity index (χ1) is 9.60. The zero-order chi connectivity index (χ0) is 14.1. The second-order valence-electron chi connectivity index (χ2n) is 4.89. The van der Waals surface area contributed by atoms with Gasteiger partial charge < -0.3 is 5.32 Å². The topological polar surface area (TPSA) is 37.8 Å². The third kappa shape index (κ3) is 3.22. The van der Waals surface area contributed by atoms with E-state index < -0.39 is 11.6 Å². The molecule has 3 nitrogen and oxygen atoms in total. The highest BCUT2D eigenvalue weighted by molar-refractivity contribution is 6.29. The van der Waals surface area contributed by atoms with E-state index in [0.717, 1.165) is 24.6 Å². The summed E-state index contributed by atoms with van der Waals surface area (Å²) in [4.78, 5) is 8.43. The molecular weight excluding hydrogens is 284 g/mol. The average molecular weight is 296 g/mol. The normalized spacial score (nSPS) is 14.3. The van der Waals surface area contributed by atoms with Crippen molar-refractivity contribution in [3.8, 4) is 0 Å². The van der Waals surface area contributed by atoms with Gasteiger partial charge in [0.05, 0.1) is 5.69 Å². The first-order valence-corrected chi connectivity index (χ1v) is 6.73. The van der Waals surface area contributed by atoms with Crippen molar-refractivity contribution in [3.05, 3.63) is 46.9 Å². The summed E-state index contributed by atoms with van der Waals surface area (Å²) in [6, 6.07) is 4.69. The van der Waals surface area contributed by atoms with Gasteiger partial charge in [-0.3, -0.25) is 0 Å². The van der Waals surface area contributed by atoms with Crippen LogP contribution in [0.25, 0.3) is 0 Å². The van der Waals surface area contributed by atoms with Crippen molar-refractivity contribution < 1.29 is 8.78 Å². The van der Waals surface area contributed by atoms with Gasteiger partial charge >= 0.3 is 0 Å². The summed E-state index contributed by atoms with van der Waals surface area (Å²) in [7, 11) is 0. The molecule has 3 rings (SSSR count). The summed E-state index contributed by atoms with van der Waals surface area (Å²) in [6.07, 6.45) is 3.12. The molecule has 1 heterocycles. The fourth-order valence-corrected chi connectivity index (χ4v) is 2.13. The van der Waals surface area contributed by atoms with Crippen molar-refractivity contribution in [2.75, 3.05) is 5.32 Å². The first kappa shape index (κ1) is 13.2. The maximum atomic E-state index is 13.6. The Labute approximate surface area is 120 Å². The number of aromatic nitrogens is 2. The van der Waals surface area contributed by atoms with Crippen LogP contribution >= 0.6 is 11.6 Å². The minimum absolute atomic E-state index is 0.0251. The molecule has 104 valence electrons. The number of rotatable bonds is 4. The van der Waals surface area contributed by atoms with Gasteiger partial charge in [-0.05, 0) is 30.9 Å². The van der Waals surface area contributed by atoms with E-state index in [1.807, 2.05) is 0 Å². The van der Waals surface area contributed by atoms with E-state index in [0.29, 0.717) is 17.6 Å². The zero-order valence-corrected chi connectivity index (χ0v) is 11.3. The monoisotopic (exact) mass is 295 g/mol. The largest absolute Gasteiger partial charge is 0.338 e. The van der Waals surface area contributed by atoms with E-state index in [4.69, 9.17) is 11.6 Å². The maximum absolute atomic E-state index is 13.6. The molecule has 0 aliphatic heterocycles. The lowest BCUT2D eigenvalue weighted by atomic mass is 10.2. The Hall–Kier alpha value is -1.75. The molecule has 1 N–H and O–H groups in total. The van der Waals surface area contributed by atoms with E-state index in [2.05, 4.69) is 15.3 Å². The second kappa shape index (κ2) is 5.32. The third-order valence-electron chi connectivity index (χ3n) is 3.10. The Morgan fingerprint density at radius 1 is 1.20 bits per heavy atom. The molecule has 20 heavy (non-hydrogen) atoms. The number of hydrogen-bond acceptors (Lipinski definition) is 3. The fourth-order valence-electron chi connectivity index (χ4n) is 1.93. The SMILES string of the molecule is Fc1ccc(F)c(Nc2cc(Cl)nc(CC3CC3)n2)c1. The van der Waals surface area contributed by atoms with Crippen molar-refractivity contribution in [1.82, 2.24) is 9.97 Å². The standard InChI is InChI=1S/C14H12ClF2N3/c15-12-7-14(20-13(19-12)5-8-1-2-8)18-11-6-9(16)3-4-10(11)17/h3-4,6-8H,1-2,5H2,(H,18,19,20). The molecule has 0 radical (unpaired) electrons.